The van der Waals surface area contributed by atoms with Gasteiger partial charge in [-0.3, -0.25) is 4.79 Å². The monoisotopic (exact) mass is 241 g/mol. The Labute approximate surface area is 105 Å². The SMILES string of the molecule is CC(C)CCC(C)N1CCC(CC(=O)O)CC1. The summed E-state index contributed by atoms with van der Waals surface area (Å²) in [6, 6.07) is 0.656. The molecular weight excluding hydrogens is 214 g/mol. The van der Waals surface area contributed by atoms with E-state index < -0.39 is 5.97 Å². The summed E-state index contributed by atoms with van der Waals surface area (Å²) in [6.07, 6.45) is 5.02. The highest BCUT2D eigenvalue weighted by Gasteiger charge is 2.23. The molecule has 1 fully saturated rings. The predicted molar refractivity (Wildman–Crippen MR) is 70.1 cm³/mol. The second-order valence-electron chi connectivity index (χ2n) is 5.90. The first-order valence-electron chi connectivity index (χ1n) is 6.95. The topological polar surface area (TPSA) is 40.5 Å². The van der Waals surface area contributed by atoms with E-state index in [-0.39, 0.29) is 0 Å². The number of piperidine rings is 1. The Morgan fingerprint density at radius 3 is 2.29 bits per heavy atom. The van der Waals surface area contributed by atoms with Crippen LogP contribution >= 0.6 is 0 Å². The standard InChI is InChI=1S/C14H27NO2/c1-11(2)4-5-12(3)15-8-6-13(7-9-15)10-14(16)17/h11-13H,4-10H2,1-3H3,(H,16,17). The van der Waals surface area contributed by atoms with Crippen LogP contribution in [0.25, 0.3) is 0 Å². The van der Waals surface area contributed by atoms with Crippen LogP contribution in [-0.4, -0.2) is 35.1 Å². The van der Waals surface area contributed by atoms with Crippen molar-refractivity contribution in [3.63, 3.8) is 0 Å². The molecule has 0 aromatic rings. The number of carboxylic acids is 1. The van der Waals surface area contributed by atoms with E-state index in [4.69, 9.17) is 5.11 Å². The number of carboxylic acid groups (broad SMARTS) is 1. The molecule has 1 unspecified atom stereocenters. The molecule has 0 radical (unpaired) electrons. The van der Waals surface area contributed by atoms with Crippen molar-refractivity contribution in [3.05, 3.63) is 0 Å². The van der Waals surface area contributed by atoms with Crippen molar-refractivity contribution in [3.8, 4) is 0 Å². The third-order valence-electron chi connectivity index (χ3n) is 3.90. The molecule has 1 saturated heterocycles. The van der Waals surface area contributed by atoms with Gasteiger partial charge in [0.1, 0.15) is 0 Å². The summed E-state index contributed by atoms with van der Waals surface area (Å²) in [5, 5.41) is 8.77. The van der Waals surface area contributed by atoms with Gasteiger partial charge in [-0.2, -0.15) is 0 Å². The zero-order chi connectivity index (χ0) is 12.8. The van der Waals surface area contributed by atoms with E-state index in [1.165, 1.54) is 12.8 Å². The summed E-state index contributed by atoms with van der Waals surface area (Å²) in [5.74, 6) is 0.541. The fourth-order valence-corrected chi connectivity index (χ4v) is 2.60. The molecule has 0 spiro atoms. The number of carbonyl (C=O) groups is 1. The Morgan fingerprint density at radius 1 is 1.24 bits per heavy atom. The number of likely N-dealkylation sites (tertiary alicyclic amines) is 1. The highest BCUT2D eigenvalue weighted by Crippen LogP contribution is 2.23. The number of rotatable bonds is 6. The normalized spacial score (nSPS) is 20.7. The number of hydrogen-bond donors (Lipinski definition) is 1. The van der Waals surface area contributed by atoms with Crippen molar-refractivity contribution >= 4 is 5.97 Å². The van der Waals surface area contributed by atoms with Gasteiger partial charge in [0.25, 0.3) is 0 Å². The lowest BCUT2D eigenvalue weighted by molar-refractivity contribution is -0.138. The molecular formula is C14H27NO2. The van der Waals surface area contributed by atoms with Crippen molar-refractivity contribution in [1.29, 1.82) is 0 Å². The van der Waals surface area contributed by atoms with Crippen LogP contribution in [0, 0.1) is 11.8 Å². The maximum atomic E-state index is 10.6. The molecule has 0 saturated carbocycles. The number of hydrogen-bond acceptors (Lipinski definition) is 2. The number of aliphatic carboxylic acids is 1. The van der Waals surface area contributed by atoms with E-state index in [0.717, 1.165) is 31.8 Å². The first-order valence-corrected chi connectivity index (χ1v) is 6.95. The maximum Gasteiger partial charge on any atom is 0.303 e. The molecule has 1 N–H and O–H groups in total. The van der Waals surface area contributed by atoms with Crippen LogP contribution in [0.3, 0.4) is 0 Å². The molecule has 0 aromatic carbocycles. The van der Waals surface area contributed by atoms with Gasteiger partial charge >= 0.3 is 5.97 Å². The molecule has 17 heavy (non-hydrogen) atoms. The summed E-state index contributed by atoms with van der Waals surface area (Å²) in [4.78, 5) is 13.2. The van der Waals surface area contributed by atoms with Crippen LogP contribution in [0.15, 0.2) is 0 Å². The first kappa shape index (κ1) is 14.5. The van der Waals surface area contributed by atoms with Gasteiger partial charge in [0, 0.05) is 12.5 Å². The van der Waals surface area contributed by atoms with Gasteiger partial charge in [-0.05, 0) is 57.5 Å². The summed E-state index contributed by atoms with van der Waals surface area (Å²) in [5.41, 5.74) is 0. The molecule has 0 amide bonds. The fraction of sp³-hybridized carbons (Fsp3) is 0.929. The Kier molecular flexibility index (Phi) is 5.96. The quantitative estimate of drug-likeness (QED) is 0.777. The lowest BCUT2D eigenvalue weighted by Gasteiger charge is -2.36. The summed E-state index contributed by atoms with van der Waals surface area (Å²) in [7, 11) is 0. The fourth-order valence-electron chi connectivity index (χ4n) is 2.60. The van der Waals surface area contributed by atoms with Gasteiger partial charge in [-0.25, -0.2) is 0 Å². The van der Waals surface area contributed by atoms with Crippen molar-refractivity contribution in [2.75, 3.05) is 13.1 Å². The zero-order valence-electron chi connectivity index (χ0n) is 11.5. The van der Waals surface area contributed by atoms with E-state index in [9.17, 15) is 4.79 Å². The summed E-state index contributed by atoms with van der Waals surface area (Å²) >= 11 is 0. The third kappa shape index (κ3) is 5.53. The minimum absolute atomic E-state index is 0.355. The molecule has 0 aromatic heterocycles. The van der Waals surface area contributed by atoms with Crippen LogP contribution in [0.5, 0.6) is 0 Å². The Morgan fingerprint density at radius 2 is 1.82 bits per heavy atom. The van der Waals surface area contributed by atoms with Crippen LogP contribution < -0.4 is 0 Å². The van der Waals surface area contributed by atoms with Crippen molar-refractivity contribution in [2.24, 2.45) is 11.8 Å². The average Bonchev–Trinajstić information content (AvgIpc) is 2.26. The molecule has 0 aliphatic carbocycles. The van der Waals surface area contributed by atoms with E-state index in [1.807, 2.05) is 0 Å². The largest absolute Gasteiger partial charge is 0.481 e. The van der Waals surface area contributed by atoms with Crippen LogP contribution in [0.2, 0.25) is 0 Å². The van der Waals surface area contributed by atoms with Crippen molar-refractivity contribution in [2.45, 2.75) is 58.9 Å². The first-order chi connectivity index (χ1) is 7.99. The van der Waals surface area contributed by atoms with E-state index in [1.54, 1.807) is 0 Å². The Hall–Kier alpha value is -0.570. The maximum absolute atomic E-state index is 10.6. The minimum Gasteiger partial charge on any atom is -0.481 e. The predicted octanol–water partition coefficient (Wildman–Crippen LogP) is 3.00. The smallest absolute Gasteiger partial charge is 0.303 e. The third-order valence-corrected chi connectivity index (χ3v) is 3.90. The van der Waals surface area contributed by atoms with E-state index >= 15 is 0 Å². The van der Waals surface area contributed by atoms with Gasteiger partial charge in [0.05, 0.1) is 0 Å². The van der Waals surface area contributed by atoms with Gasteiger partial charge in [0.2, 0.25) is 0 Å². The average molecular weight is 241 g/mol. The van der Waals surface area contributed by atoms with Crippen LogP contribution in [0.4, 0.5) is 0 Å². The summed E-state index contributed by atoms with van der Waals surface area (Å²) < 4.78 is 0. The highest BCUT2D eigenvalue weighted by atomic mass is 16.4. The molecule has 3 nitrogen and oxygen atoms in total. The van der Waals surface area contributed by atoms with Crippen molar-refractivity contribution in [1.82, 2.24) is 4.90 Å². The van der Waals surface area contributed by atoms with Gasteiger partial charge in [-0.1, -0.05) is 13.8 Å². The second-order valence-corrected chi connectivity index (χ2v) is 5.90. The highest BCUT2D eigenvalue weighted by molar-refractivity contribution is 5.67. The lowest BCUT2D eigenvalue weighted by Crippen LogP contribution is -2.40. The summed E-state index contributed by atoms with van der Waals surface area (Å²) in [6.45, 7) is 9.01. The second kappa shape index (κ2) is 7.00. The van der Waals surface area contributed by atoms with Crippen molar-refractivity contribution < 1.29 is 9.90 Å². The van der Waals surface area contributed by atoms with Gasteiger partial charge in [-0.15, -0.1) is 0 Å². The zero-order valence-corrected chi connectivity index (χ0v) is 11.5. The lowest BCUT2D eigenvalue weighted by atomic mass is 9.92. The Bertz CT molecular complexity index is 232. The number of nitrogens with zero attached hydrogens (tertiary/aromatic N) is 1. The van der Waals surface area contributed by atoms with Crippen LogP contribution in [0.1, 0.15) is 52.9 Å². The van der Waals surface area contributed by atoms with Crippen LogP contribution in [-0.2, 0) is 4.79 Å². The molecule has 1 atom stereocenters. The van der Waals surface area contributed by atoms with E-state index in [2.05, 4.69) is 25.7 Å². The van der Waals surface area contributed by atoms with Gasteiger partial charge < -0.3 is 10.0 Å². The minimum atomic E-state index is -0.642. The molecule has 1 rings (SSSR count). The molecule has 1 aliphatic heterocycles. The molecule has 100 valence electrons. The molecule has 1 heterocycles. The molecule has 1 aliphatic rings. The molecule has 0 bridgehead atoms. The molecule has 3 heteroatoms. The van der Waals surface area contributed by atoms with Gasteiger partial charge in [0.15, 0.2) is 0 Å². The van der Waals surface area contributed by atoms with E-state index in [0.29, 0.717) is 18.4 Å². The Balaban J connectivity index is 2.23.